The van der Waals surface area contributed by atoms with Gasteiger partial charge in [-0.05, 0) is 26.0 Å². The summed E-state index contributed by atoms with van der Waals surface area (Å²) in [6.45, 7) is 0. The summed E-state index contributed by atoms with van der Waals surface area (Å²) in [5.41, 5.74) is 0.952. The first kappa shape index (κ1) is 12.1. The van der Waals surface area contributed by atoms with E-state index in [4.69, 9.17) is 4.74 Å². The summed E-state index contributed by atoms with van der Waals surface area (Å²) in [6, 6.07) is 9.91. The van der Waals surface area contributed by atoms with Crippen molar-refractivity contribution in [3.05, 3.63) is 30.5 Å². The van der Waals surface area contributed by atoms with Crippen LogP contribution in [0.5, 0.6) is 6.01 Å². The number of piperidine rings is 1. The zero-order valence-corrected chi connectivity index (χ0v) is 11.7. The first-order valence-corrected chi connectivity index (χ1v) is 7.40. The molecule has 1 aromatic heterocycles. The number of hydrogen-bond donors (Lipinski definition) is 0. The van der Waals surface area contributed by atoms with Gasteiger partial charge in [0.05, 0.1) is 5.52 Å². The van der Waals surface area contributed by atoms with E-state index in [1.54, 1.807) is 0 Å². The van der Waals surface area contributed by atoms with Crippen molar-refractivity contribution in [2.75, 3.05) is 7.05 Å². The minimum Gasteiger partial charge on any atom is -0.460 e. The Morgan fingerprint density at radius 3 is 2.70 bits per heavy atom. The summed E-state index contributed by atoms with van der Waals surface area (Å²) in [7, 11) is 2.24. The van der Waals surface area contributed by atoms with Gasteiger partial charge in [-0.25, -0.2) is 4.98 Å². The smallest absolute Gasteiger partial charge is 0.317 e. The number of fused-ring (bicyclic) bond motifs is 3. The molecule has 2 fully saturated rings. The van der Waals surface area contributed by atoms with Gasteiger partial charge in [-0.15, -0.1) is 0 Å². The van der Waals surface area contributed by atoms with Crippen LogP contribution in [0.15, 0.2) is 30.5 Å². The summed E-state index contributed by atoms with van der Waals surface area (Å²) < 4.78 is 6.04. The lowest BCUT2D eigenvalue weighted by Gasteiger charge is -2.35. The third-order valence-electron chi connectivity index (χ3n) is 4.79. The Balaban J connectivity index is 1.53. The van der Waals surface area contributed by atoms with E-state index >= 15 is 0 Å². The number of hydrogen-bond acceptors (Lipinski definition) is 4. The Morgan fingerprint density at radius 2 is 1.90 bits per heavy atom. The Hall–Kier alpha value is -1.68. The highest BCUT2D eigenvalue weighted by Gasteiger charge is 2.39. The van der Waals surface area contributed by atoms with Gasteiger partial charge in [-0.3, -0.25) is 0 Å². The molecule has 0 saturated carbocycles. The van der Waals surface area contributed by atoms with Crippen LogP contribution < -0.4 is 4.74 Å². The van der Waals surface area contributed by atoms with E-state index in [1.165, 1.54) is 12.8 Å². The minimum absolute atomic E-state index is 0.268. The van der Waals surface area contributed by atoms with Crippen molar-refractivity contribution >= 4 is 10.9 Å². The summed E-state index contributed by atoms with van der Waals surface area (Å²) in [4.78, 5) is 11.4. The normalized spacial score (nSPS) is 29.8. The molecule has 2 saturated heterocycles. The van der Waals surface area contributed by atoms with Crippen molar-refractivity contribution in [2.24, 2.45) is 0 Å². The van der Waals surface area contributed by atoms with Gasteiger partial charge in [0.1, 0.15) is 6.10 Å². The lowest BCUT2D eigenvalue weighted by atomic mass is 10.0. The highest BCUT2D eigenvalue weighted by atomic mass is 16.5. The number of aromatic nitrogens is 2. The number of benzene rings is 1. The van der Waals surface area contributed by atoms with Crippen molar-refractivity contribution < 1.29 is 4.74 Å². The molecular weight excluding hydrogens is 250 g/mol. The van der Waals surface area contributed by atoms with Gasteiger partial charge in [0.25, 0.3) is 0 Å². The van der Waals surface area contributed by atoms with E-state index in [-0.39, 0.29) is 6.10 Å². The molecule has 2 atom stereocenters. The van der Waals surface area contributed by atoms with Crippen molar-refractivity contribution in [1.82, 2.24) is 14.9 Å². The zero-order chi connectivity index (χ0) is 13.5. The van der Waals surface area contributed by atoms with Crippen LogP contribution in [0.4, 0.5) is 0 Å². The van der Waals surface area contributed by atoms with Crippen LogP contribution in [0, 0.1) is 0 Å². The molecule has 1 aromatic carbocycles. The second-order valence-electron chi connectivity index (χ2n) is 5.97. The maximum atomic E-state index is 6.04. The first-order chi connectivity index (χ1) is 9.79. The molecule has 2 aliphatic heterocycles. The molecule has 0 spiro atoms. The molecule has 4 rings (SSSR count). The molecule has 104 valence electrons. The van der Waals surface area contributed by atoms with Gasteiger partial charge in [-0.1, -0.05) is 18.2 Å². The molecule has 2 aromatic rings. The largest absolute Gasteiger partial charge is 0.460 e. The molecule has 2 aliphatic rings. The molecule has 0 radical (unpaired) electrons. The van der Waals surface area contributed by atoms with Gasteiger partial charge in [-0.2, -0.15) is 4.98 Å². The van der Waals surface area contributed by atoms with Crippen LogP contribution in [0.1, 0.15) is 25.7 Å². The lowest BCUT2D eigenvalue weighted by molar-refractivity contribution is 0.0603. The third kappa shape index (κ3) is 2.04. The Morgan fingerprint density at radius 1 is 1.15 bits per heavy atom. The molecule has 4 nitrogen and oxygen atoms in total. The predicted octanol–water partition coefficient (Wildman–Crippen LogP) is 2.63. The van der Waals surface area contributed by atoms with E-state index in [0.29, 0.717) is 18.1 Å². The summed E-state index contributed by atoms with van der Waals surface area (Å²) in [6.07, 6.45) is 6.93. The predicted molar refractivity (Wildman–Crippen MR) is 77.8 cm³/mol. The number of para-hydroxylation sites is 1. The lowest BCUT2D eigenvalue weighted by Crippen LogP contribution is -2.44. The fourth-order valence-electron chi connectivity index (χ4n) is 3.62. The van der Waals surface area contributed by atoms with Crippen LogP contribution in [0.25, 0.3) is 10.9 Å². The van der Waals surface area contributed by atoms with Crippen LogP contribution in [0.2, 0.25) is 0 Å². The van der Waals surface area contributed by atoms with Crippen LogP contribution in [0.3, 0.4) is 0 Å². The molecule has 0 N–H and O–H groups in total. The van der Waals surface area contributed by atoms with Gasteiger partial charge in [0.15, 0.2) is 0 Å². The van der Waals surface area contributed by atoms with Crippen LogP contribution in [-0.2, 0) is 0 Å². The monoisotopic (exact) mass is 269 g/mol. The van der Waals surface area contributed by atoms with Crippen molar-refractivity contribution in [1.29, 1.82) is 0 Å². The van der Waals surface area contributed by atoms with Crippen molar-refractivity contribution in [3.8, 4) is 6.01 Å². The molecule has 2 bridgehead atoms. The van der Waals surface area contributed by atoms with Crippen LogP contribution >= 0.6 is 0 Å². The second-order valence-corrected chi connectivity index (χ2v) is 5.97. The molecule has 2 unspecified atom stereocenters. The zero-order valence-electron chi connectivity index (χ0n) is 11.7. The Labute approximate surface area is 118 Å². The molecule has 0 aliphatic carbocycles. The number of nitrogens with zero attached hydrogens (tertiary/aromatic N) is 3. The average molecular weight is 269 g/mol. The van der Waals surface area contributed by atoms with Gasteiger partial charge in [0.2, 0.25) is 0 Å². The number of rotatable bonds is 2. The SMILES string of the molecule is CN1C2CCC1CC(Oc1ncc3ccccc3n1)C2. The molecule has 0 amide bonds. The maximum Gasteiger partial charge on any atom is 0.317 e. The quantitative estimate of drug-likeness (QED) is 0.840. The highest BCUT2D eigenvalue weighted by molar-refractivity contribution is 5.77. The molecular formula is C16H19N3O. The van der Waals surface area contributed by atoms with Crippen molar-refractivity contribution in [2.45, 2.75) is 43.9 Å². The van der Waals surface area contributed by atoms with E-state index in [1.807, 2.05) is 30.5 Å². The van der Waals surface area contributed by atoms with Crippen LogP contribution in [-0.4, -0.2) is 40.1 Å². The van der Waals surface area contributed by atoms with Gasteiger partial charge in [0, 0.05) is 36.5 Å². The first-order valence-electron chi connectivity index (χ1n) is 7.40. The standard InChI is InChI=1S/C16H19N3O/c1-19-12-6-7-13(19)9-14(8-12)20-16-17-10-11-4-2-3-5-15(11)18-16/h2-5,10,12-14H,6-9H2,1H3. The Bertz CT molecular complexity index is 616. The Kier molecular flexibility index (Phi) is 2.84. The van der Waals surface area contributed by atoms with Crippen molar-refractivity contribution in [3.63, 3.8) is 0 Å². The highest BCUT2D eigenvalue weighted by Crippen LogP contribution is 2.35. The summed E-state index contributed by atoms with van der Waals surface area (Å²) >= 11 is 0. The molecule has 20 heavy (non-hydrogen) atoms. The average Bonchev–Trinajstić information content (AvgIpc) is 2.70. The van der Waals surface area contributed by atoms with E-state index in [2.05, 4.69) is 21.9 Å². The van der Waals surface area contributed by atoms with E-state index in [9.17, 15) is 0 Å². The second kappa shape index (κ2) is 4.70. The fourth-order valence-corrected chi connectivity index (χ4v) is 3.62. The van der Waals surface area contributed by atoms with Gasteiger partial charge < -0.3 is 9.64 Å². The van der Waals surface area contributed by atoms with E-state index < -0.39 is 0 Å². The number of ether oxygens (including phenoxy) is 1. The van der Waals surface area contributed by atoms with Gasteiger partial charge >= 0.3 is 6.01 Å². The topological polar surface area (TPSA) is 38.2 Å². The minimum atomic E-state index is 0.268. The van der Waals surface area contributed by atoms with E-state index in [0.717, 1.165) is 23.7 Å². The summed E-state index contributed by atoms with van der Waals surface area (Å²) in [5.74, 6) is 0. The summed E-state index contributed by atoms with van der Waals surface area (Å²) in [5, 5.41) is 1.06. The fraction of sp³-hybridized carbons (Fsp3) is 0.500. The third-order valence-corrected chi connectivity index (χ3v) is 4.79. The maximum absolute atomic E-state index is 6.04. The molecule has 3 heterocycles. The molecule has 4 heteroatoms.